The van der Waals surface area contributed by atoms with Gasteiger partial charge < -0.3 is 5.32 Å². The molecule has 1 aliphatic heterocycles. The lowest BCUT2D eigenvalue weighted by Crippen LogP contribution is -2.20. The second kappa shape index (κ2) is 6.11. The van der Waals surface area contributed by atoms with Crippen LogP contribution in [0.25, 0.3) is 0 Å². The Hall–Kier alpha value is -2.36. The van der Waals surface area contributed by atoms with E-state index in [2.05, 4.69) is 10.3 Å². The topological polar surface area (TPSA) is 81.1 Å². The van der Waals surface area contributed by atoms with E-state index in [9.17, 15) is 17.6 Å². The molecule has 2 aromatic carbocycles. The van der Waals surface area contributed by atoms with Crippen LogP contribution in [-0.2, 0) is 10.0 Å². The molecule has 6 nitrogen and oxygen atoms in total. The zero-order valence-corrected chi connectivity index (χ0v) is 15.2. The summed E-state index contributed by atoms with van der Waals surface area (Å²) < 4.78 is 39.5. The van der Waals surface area contributed by atoms with E-state index in [-0.39, 0.29) is 15.5 Å². The highest BCUT2D eigenvalue weighted by atomic mass is 35.5. The van der Waals surface area contributed by atoms with Crippen molar-refractivity contribution < 1.29 is 17.6 Å². The molecule has 26 heavy (non-hydrogen) atoms. The average molecular weight is 410 g/mol. The number of anilines is 1. The Labute approximate surface area is 157 Å². The van der Waals surface area contributed by atoms with Crippen molar-refractivity contribution in [2.24, 2.45) is 0 Å². The number of nitrogens with zero attached hydrogens (tertiary/aromatic N) is 2. The fourth-order valence-electron chi connectivity index (χ4n) is 2.46. The molecule has 0 unspecified atom stereocenters. The first-order valence-electron chi connectivity index (χ1n) is 7.23. The monoisotopic (exact) mass is 409 g/mol. The molecule has 0 radical (unpaired) electrons. The third-order valence-electron chi connectivity index (χ3n) is 3.69. The van der Waals surface area contributed by atoms with Gasteiger partial charge in [0.05, 0.1) is 10.6 Å². The van der Waals surface area contributed by atoms with Gasteiger partial charge in [-0.2, -0.15) is 0 Å². The van der Waals surface area contributed by atoms with E-state index in [0.29, 0.717) is 15.7 Å². The second-order valence-corrected chi connectivity index (χ2v) is 8.55. The minimum atomic E-state index is -3.86. The summed E-state index contributed by atoms with van der Waals surface area (Å²) in [7, 11) is -3.86. The number of amides is 1. The molecule has 0 aliphatic carbocycles. The van der Waals surface area contributed by atoms with E-state index < -0.39 is 21.7 Å². The highest BCUT2D eigenvalue weighted by Gasteiger charge is 2.32. The van der Waals surface area contributed by atoms with Gasteiger partial charge in [0.1, 0.15) is 10.7 Å². The quantitative estimate of drug-likeness (QED) is 0.546. The highest BCUT2D eigenvalue weighted by Crippen LogP contribution is 2.41. The van der Waals surface area contributed by atoms with Crippen LogP contribution in [0.4, 0.5) is 10.1 Å². The van der Waals surface area contributed by atoms with E-state index >= 15 is 0 Å². The molecule has 0 bridgehead atoms. The van der Waals surface area contributed by atoms with E-state index in [1.807, 2.05) is 0 Å². The number of fused-ring (bicyclic) bond motifs is 2. The Kier molecular flexibility index (Phi) is 4.02. The molecule has 0 spiro atoms. The Morgan fingerprint density at radius 2 is 1.96 bits per heavy atom. The third kappa shape index (κ3) is 2.77. The zero-order chi connectivity index (χ0) is 18.5. The highest BCUT2D eigenvalue weighted by molar-refractivity contribution is 8.01. The molecule has 0 saturated carbocycles. The summed E-state index contributed by atoms with van der Waals surface area (Å²) in [6.07, 6.45) is 2.73. The van der Waals surface area contributed by atoms with Gasteiger partial charge in [0, 0.05) is 23.0 Å². The molecular weight excluding hydrogens is 401 g/mol. The number of imidazole rings is 1. The summed E-state index contributed by atoms with van der Waals surface area (Å²) in [5.74, 6) is -1.03. The SMILES string of the molecule is O=C(Nc1ccc(F)cc1)c1cc2c(cc1Cl)Sc1nccn1S2(=O)=O. The van der Waals surface area contributed by atoms with Gasteiger partial charge in [-0.05, 0) is 48.2 Å². The van der Waals surface area contributed by atoms with E-state index in [1.165, 1.54) is 48.8 Å². The summed E-state index contributed by atoms with van der Waals surface area (Å²) in [6, 6.07) is 7.85. The summed E-state index contributed by atoms with van der Waals surface area (Å²) in [5, 5.41) is 2.97. The molecule has 3 aromatic rings. The number of carbonyl (C=O) groups excluding carboxylic acids is 1. The first-order valence-corrected chi connectivity index (χ1v) is 9.87. The molecule has 1 aliphatic rings. The lowest BCUT2D eigenvalue weighted by atomic mass is 10.2. The third-order valence-corrected chi connectivity index (χ3v) is 7.00. The van der Waals surface area contributed by atoms with Crippen LogP contribution < -0.4 is 5.32 Å². The summed E-state index contributed by atoms with van der Waals surface area (Å²) in [6.45, 7) is 0. The van der Waals surface area contributed by atoms with Crippen molar-refractivity contribution in [1.82, 2.24) is 8.96 Å². The van der Waals surface area contributed by atoms with Crippen molar-refractivity contribution >= 4 is 45.0 Å². The second-order valence-electron chi connectivity index (χ2n) is 5.35. The summed E-state index contributed by atoms with van der Waals surface area (Å²) >= 11 is 7.33. The van der Waals surface area contributed by atoms with Gasteiger partial charge >= 0.3 is 0 Å². The Bertz CT molecular complexity index is 1140. The molecule has 1 aromatic heterocycles. The normalized spacial score (nSPS) is 14.4. The molecule has 2 heterocycles. The van der Waals surface area contributed by atoms with Crippen molar-refractivity contribution in [2.45, 2.75) is 14.9 Å². The molecule has 4 rings (SSSR count). The van der Waals surface area contributed by atoms with Gasteiger partial charge in [0.15, 0.2) is 5.16 Å². The van der Waals surface area contributed by atoms with Gasteiger partial charge in [-0.25, -0.2) is 21.8 Å². The molecule has 0 saturated heterocycles. The summed E-state index contributed by atoms with van der Waals surface area (Å²) in [4.78, 5) is 16.9. The fourth-order valence-corrected chi connectivity index (χ4v) is 5.68. The lowest BCUT2D eigenvalue weighted by molar-refractivity contribution is 0.102. The molecule has 1 amide bonds. The number of rotatable bonds is 2. The van der Waals surface area contributed by atoms with E-state index in [0.717, 1.165) is 15.7 Å². The van der Waals surface area contributed by atoms with Crippen molar-refractivity contribution in [2.75, 3.05) is 5.32 Å². The fraction of sp³-hybridized carbons (Fsp3) is 0. The Morgan fingerprint density at radius 3 is 2.69 bits per heavy atom. The van der Waals surface area contributed by atoms with Gasteiger partial charge in [0.25, 0.3) is 15.9 Å². The van der Waals surface area contributed by atoms with Gasteiger partial charge in [0.2, 0.25) is 0 Å². The Morgan fingerprint density at radius 1 is 1.23 bits per heavy atom. The molecule has 10 heteroatoms. The van der Waals surface area contributed by atoms with E-state index in [4.69, 9.17) is 11.6 Å². The number of benzene rings is 2. The van der Waals surface area contributed by atoms with Crippen molar-refractivity contribution in [1.29, 1.82) is 0 Å². The number of aromatic nitrogens is 2. The van der Waals surface area contributed by atoms with Crippen LogP contribution in [0, 0.1) is 5.82 Å². The van der Waals surface area contributed by atoms with Crippen LogP contribution in [0.1, 0.15) is 10.4 Å². The maximum atomic E-state index is 13.0. The predicted octanol–water partition coefficient (Wildman–Crippen LogP) is 3.63. The van der Waals surface area contributed by atoms with Crippen LogP contribution in [0.5, 0.6) is 0 Å². The van der Waals surface area contributed by atoms with Crippen molar-refractivity contribution in [3.63, 3.8) is 0 Å². The number of halogens is 2. The number of hydrogen-bond donors (Lipinski definition) is 1. The standard InChI is InChI=1S/C16H9ClFN3O3S2/c17-12-8-13-14(26(23,24)21-6-5-19-16(21)25-13)7-11(12)15(22)20-10-3-1-9(18)2-4-10/h1-8H,(H,20,22). The molecule has 0 fully saturated rings. The van der Waals surface area contributed by atoms with Crippen molar-refractivity contribution in [3.8, 4) is 0 Å². The minimum Gasteiger partial charge on any atom is -0.322 e. The predicted molar refractivity (Wildman–Crippen MR) is 94.7 cm³/mol. The zero-order valence-electron chi connectivity index (χ0n) is 12.8. The number of carbonyl (C=O) groups is 1. The van der Waals surface area contributed by atoms with Crippen LogP contribution >= 0.6 is 23.4 Å². The average Bonchev–Trinajstić information content (AvgIpc) is 3.06. The molecular formula is C16H9ClFN3O3S2. The largest absolute Gasteiger partial charge is 0.322 e. The minimum absolute atomic E-state index is 0.00230. The number of nitrogens with one attached hydrogen (secondary N) is 1. The molecule has 1 N–H and O–H groups in total. The Balaban J connectivity index is 1.74. The van der Waals surface area contributed by atoms with Crippen LogP contribution in [0.3, 0.4) is 0 Å². The van der Waals surface area contributed by atoms with Gasteiger partial charge in [-0.15, -0.1) is 0 Å². The summed E-state index contributed by atoms with van der Waals surface area (Å²) in [5.41, 5.74) is 0.363. The lowest BCUT2D eigenvalue weighted by Gasteiger charge is -2.19. The first-order chi connectivity index (χ1) is 12.4. The van der Waals surface area contributed by atoms with Crippen LogP contribution in [0.2, 0.25) is 5.02 Å². The van der Waals surface area contributed by atoms with Crippen LogP contribution in [-0.4, -0.2) is 23.3 Å². The van der Waals surface area contributed by atoms with Crippen molar-refractivity contribution in [3.05, 3.63) is 65.2 Å². The van der Waals surface area contributed by atoms with E-state index in [1.54, 1.807) is 0 Å². The van der Waals surface area contributed by atoms with Gasteiger partial charge in [-0.1, -0.05) is 11.6 Å². The smallest absolute Gasteiger partial charge is 0.270 e. The molecule has 132 valence electrons. The number of hydrogen-bond acceptors (Lipinski definition) is 5. The molecule has 0 atom stereocenters. The maximum Gasteiger partial charge on any atom is 0.270 e. The maximum absolute atomic E-state index is 13.0. The van der Waals surface area contributed by atoms with Gasteiger partial charge in [-0.3, -0.25) is 4.79 Å². The van der Waals surface area contributed by atoms with Crippen LogP contribution in [0.15, 0.2) is 63.7 Å². The first kappa shape index (κ1) is 17.1.